The Balaban J connectivity index is 2.85. The third-order valence-corrected chi connectivity index (χ3v) is 2.18. The average Bonchev–Trinajstić information content (AvgIpc) is 1.38. The molecule has 0 aromatic rings. The van der Waals surface area contributed by atoms with Crippen LogP contribution in [0.15, 0.2) is 0 Å². The molecule has 0 saturated heterocycles. The monoisotopic (exact) mass is 260 g/mol. The number of carbonyl (C=O) groups excluding carboxylic acids is 1. The number of carbonyl (C=O) groups is 1. The van der Waals surface area contributed by atoms with Gasteiger partial charge in [0, 0.05) is 0 Å². The van der Waals surface area contributed by atoms with E-state index in [9.17, 15) is 4.79 Å². The van der Waals surface area contributed by atoms with Crippen molar-refractivity contribution in [3.8, 4) is 0 Å². The summed E-state index contributed by atoms with van der Waals surface area (Å²) in [6.45, 7) is 1.52. The van der Waals surface area contributed by atoms with Crippen LogP contribution in [-0.4, -0.2) is 5.91 Å². The van der Waals surface area contributed by atoms with Gasteiger partial charge in [-0.05, 0) is 0 Å². The maximum absolute atomic E-state index is 9.75. The summed E-state index contributed by atoms with van der Waals surface area (Å²) in [6, 6.07) is 0. The van der Waals surface area contributed by atoms with Crippen molar-refractivity contribution in [3.05, 3.63) is 0 Å². The first kappa shape index (κ1) is 5.41. The van der Waals surface area contributed by atoms with Crippen LogP contribution in [0.4, 0.5) is 0 Å². The van der Waals surface area contributed by atoms with Crippen molar-refractivity contribution in [1.29, 1.82) is 0 Å². The molecule has 0 fully saturated rings. The first-order valence-electron chi connectivity index (χ1n) is 1.31. The SMILES string of the molecule is CC(=O)[NH][Hg]. The van der Waals surface area contributed by atoms with Gasteiger partial charge in [0.1, 0.15) is 0 Å². The summed E-state index contributed by atoms with van der Waals surface area (Å²) in [6.07, 6.45) is 0. The number of amides is 1. The van der Waals surface area contributed by atoms with Crippen LogP contribution < -0.4 is 3.08 Å². The van der Waals surface area contributed by atoms with E-state index in [0.717, 1.165) is 0 Å². The van der Waals surface area contributed by atoms with Crippen LogP contribution in [0.1, 0.15) is 6.92 Å². The molecular formula is C2H4HgNO. The number of hydrogen-bond donors (Lipinski definition) is 1. The molecule has 3 heteroatoms. The zero-order valence-corrected chi connectivity index (χ0v) is 8.61. The van der Waals surface area contributed by atoms with Gasteiger partial charge in [-0.1, -0.05) is 0 Å². The molecule has 0 heterocycles. The quantitative estimate of drug-likeness (QED) is 0.588. The second-order valence-electron chi connectivity index (χ2n) is 0.733. The van der Waals surface area contributed by atoms with Crippen molar-refractivity contribution in [3.63, 3.8) is 0 Å². The molecule has 25 valence electrons. The Labute approximate surface area is 47.3 Å². The fourth-order valence-corrected chi connectivity index (χ4v) is 0. The Hall–Kier alpha value is 0.405. The van der Waals surface area contributed by atoms with Crippen molar-refractivity contribution in [2.45, 2.75) is 6.92 Å². The van der Waals surface area contributed by atoms with Crippen LogP contribution in [0.5, 0.6) is 0 Å². The van der Waals surface area contributed by atoms with Crippen molar-refractivity contribution < 1.29 is 31.2 Å². The molecule has 0 rings (SSSR count). The fourth-order valence-electron chi connectivity index (χ4n) is 0. The Morgan fingerprint density at radius 3 is 2.20 bits per heavy atom. The molecule has 0 unspecified atom stereocenters. The fraction of sp³-hybridized carbons (Fsp3) is 0.500. The Morgan fingerprint density at radius 1 is 2.00 bits per heavy atom. The number of nitrogens with one attached hydrogen (secondary N) is 1. The van der Waals surface area contributed by atoms with E-state index in [1.807, 2.05) is 0 Å². The third kappa shape index (κ3) is 4.41. The van der Waals surface area contributed by atoms with Crippen molar-refractivity contribution in [2.75, 3.05) is 0 Å². The van der Waals surface area contributed by atoms with Gasteiger partial charge in [-0.15, -0.1) is 0 Å². The molecule has 0 saturated carbocycles. The average molecular weight is 259 g/mol. The molecule has 2 nitrogen and oxygen atoms in total. The van der Waals surface area contributed by atoms with E-state index < -0.39 is 0 Å². The van der Waals surface area contributed by atoms with E-state index >= 15 is 0 Å². The van der Waals surface area contributed by atoms with E-state index in [0.29, 0.717) is 26.4 Å². The summed E-state index contributed by atoms with van der Waals surface area (Å²) in [5.74, 6) is 0.0910. The molecule has 0 spiro atoms. The predicted molar refractivity (Wildman–Crippen MR) is 13.8 cm³/mol. The van der Waals surface area contributed by atoms with Crippen LogP contribution in [0, 0.1) is 0 Å². The number of hydrogen-bond acceptors (Lipinski definition) is 1. The Bertz CT molecular complexity index is 44.9. The molecule has 0 aliphatic rings. The second kappa shape index (κ2) is 2.63. The molecule has 1 amide bonds. The van der Waals surface area contributed by atoms with Gasteiger partial charge in [-0.3, -0.25) is 0 Å². The maximum atomic E-state index is 9.75. The zero-order chi connectivity index (χ0) is 4.28. The van der Waals surface area contributed by atoms with E-state index in [-0.39, 0.29) is 5.91 Å². The van der Waals surface area contributed by atoms with Crippen molar-refractivity contribution in [2.24, 2.45) is 0 Å². The topological polar surface area (TPSA) is 29.1 Å². The van der Waals surface area contributed by atoms with E-state index in [1.54, 1.807) is 0 Å². The normalized spacial score (nSPS) is 7.00. The van der Waals surface area contributed by atoms with Crippen LogP contribution in [0.3, 0.4) is 0 Å². The molecule has 0 radical (unpaired) electrons. The number of rotatable bonds is 0. The van der Waals surface area contributed by atoms with Gasteiger partial charge < -0.3 is 0 Å². The first-order chi connectivity index (χ1) is 2.27. The van der Waals surface area contributed by atoms with Crippen LogP contribution in [-0.2, 0) is 31.2 Å². The molecule has 0 bridgehead atoms. The summed E-state index contributed by atoms with van der Waals surface area (Å²) in [7, 11) is 0. The summed E-state index contributed by atoms with van der Waals surface area (Å²) in [4.78, 5) is 9.75. The standard InChI is InChI=1S/C2H5NO.Hg/c1-2(3)4;/h1H3,(H2,3,4);/q;+1/p-1. The van der Waals surface area contributed by atoms with Crippen molar-refractivity contribution >= 4 is 5.91 Å². The Kier molecular flexibility index (Phi) is 2.85. The van der Waals surface area contributed by atoms with Gasteiger partial charge in [-0.2, -0.15) is 0 Å². The molecule has 0 aromatic heterocycles. The molecule has 0 aromatic carbocycles. The van der Waals surface area contributed by atoms with Gasteiger partial charge in [0.25, 0.3) is 0 Å². The molecule has 0 aliphatic heterocycles. The van der Waals surface area contributed by atoms with Gasteiger partial charge in [0.15, 0.2) is 0 Å². The molecule has 0 aliphatic carbocycles. The summed E-state index contributed by atoms with van der Waals surface area (Å²) in [5, 5.41) is 0. The molecule has 1 N–H and O–H groups in total. The molecule has 0 atom stereocenters. The van der Waals surface area contributed by atoms with E-state index in [2.05, 4.69) is 3.08 Å². The van der Waals surface area contributed by atoms with Gasteiger partial charge in [0.2, 0.25) is 0 Å². The third-order valence-electron chi connectivity index (χ3n) is 0.249. The van der Waals surface area contributed by atoms with Gasteiger partial charge in [-0.25, -0.2) is 0 Å². The van der Waals surface area contributed by atoms with Crippen LogP contribution in [0.2, 0.25) is 0 Å². The minimum absolute atomic E-state index is 0.0910. The zero-order valence-electron chi connectivity index (χ0n) is 3.12. The van der Waals surface area contributed by atoms with Gasteiger partial charge in [0.05, 0.1) is 0 Å². The van der Waals surface area contributed by atoms with E-state index in [1.165, 1.54) is 6.92 Å². The summed E-state index contributed by atoms with van der Waals surface area (Å²) >= 11 is 0.444. The summed E-state index contributed by atoms with van der Waals surface area (Å²) < 4.78 is 2.58. The molecule has 5 heavy (non-hydrogen) atoms. The predicted octanol–water partition coefficient (Wildman–Crippen LogP) is -0.416. The van der Waals surface area contributed by atoms with Gasteiger partial charge >= 0.3 is 47.1 Å². The summed E-state index contributed by atoms with van der Waals surface area (Å²) in [5.41, 5.74) is 0. The minimum atomic E-state index is 0.0910. The van der Waals surface area contributed by atoms with E-state index in [4.69, 9.17) is 0 Å². The van der Waals surface area contributed by atoms with Crippen molar-refractivity contribution in [1.82, 2.24) is 3.08 Å². The Morgan fingerprint density at radius 2 is 2.20 bits per heavy atom. The molecular weight excluding hydrogens is 255 g/mol. The van der Waals surface area contributed by atoms with Crippen LogP contribution in [0.25, 0.3) is 0 Å². The second-order valence-corrected chi connectivity index (χ2v) is 2.11. The first-order valence-corrected chi connectivity index (χ1v) is 4.06. The van der Waals surface area contributed by atoms with Crippen LogP contribution >= 0.6 is 0 Å².